The van der Waals surface area contributed by atoms with Gasteiger partial charge in [0.15, 0.2) is 8.32 Å². The Morgan fingerprint density at radius 3 is 1.97 bits per heavy atom. The Hall–Kier alpha value is -1.49. The predicted molar refractivity (Wildman–Crippen MR) is 129 cm³/mol. The summed E-state index contributed by atoms with van der Waals surface area (Å²) in [6, 6.07) is 13.9. The third-order valence-electron chi connectivity index (χ3n) is 6.84. The standard InChI is InChI=1S/C26H40O3Si/c1-17(2)30(18(3)4,19(5)6)29-16-20(7)25(27)21(8)26(28)24-15-11-13-22-12-9-10-14-23(22)24/h9-15,17-21,26,28H,16H2,1-8H3/t20-,21+,26+/m1/s1. The highest BCUT2D eigenvalue weighted by Crippen LogP contribution is 2.42. The lowest BCUT2D eigenvalue weighted by molar-refractivity contribution is -0.130. The summed E-state index contributed by atoms with van der Waals surface area (Å²) in [5.41, 5.74) is 2.27. The van der Waals surface area contributed by atoms with Gasteiger partial charge in [0.05, 0.1) is 6.10 Å². The molecule has 30 heavy (non-hydrogen) atoms. The first kappa shape index (κ1) is 24.8. The molecule has 0 aliphatic rings. The van der Waals surface area contributed by atoms with E-state index in [9.17, 15) is 9.90 Å². The van der Waals surface area contributed by atoms with Crippen molar-refractivity contribution in [3.8, 4) is 0 Å². The molecule has 0 saturated heterocycles. The van der Waals surface area contributed by atoms with Crippen LogP contribution in [0.25, 0.3) is 10.8 Å². The summed E-state index contributed by atoms with van der Waals surface area (Å²) in [4.78, 5) is 13.2. The highest BCUT2D eigenvalue weighted by molar-refractivity contribution is 6.77. The summed E-state index contributed by atoms with van der Waals surface area (Å²) in [5, 5.41) is 13.1. The fraction of sp³-hybridized carbons (Fsp3) is 0.577. The van der Waals surface area contributed by atoms with Crippen LogP contribution in [0.5, 0.6) is 0 Å². The molecule has 1 N–H and O–H groups in total. The number of ketones is 1. The van der Waals surface area contributed by atoms with Crippen LogP contribution in [0.3, 0.4) is 0 Å². The van der Waals surface area contributed by atoms with Crippen molar-refractivity contribution in [3.63, 3.8) is 0 Å². The lowest BCUT2D eigenvalue weighted by Crippen LogP contribution is -2.49. The minimum atomic E-state index is -2.01. The van der Waals surface area contributed by atoms with Gasteiger partial charge in [-0.2, -0.15) is 0 Å². The van der Waals surface area contributed by atoms with Gasteiger partial charge >= 0.3 is 0 Å². The van der Waals surface area contributed by atoms with E-state index in [4.69, 9.17) is 4.43 Å². The van der Waals surface area contributed by atoms with Gasteiger partial charge in [0.25, 0.3) is 0 Å². The lowest BCUT2D eigenvalue weighted by atomic mass is 9.86. The predicted octanol–water partition coefficient (Wildman–Crippen LogP) is 6.91. The second-order valence-electron chi connectivity index (χ2n) is 9.73. The van der Waals surface area contributed by atoms with Crippen LogP contribution < -0.4 is 0 Å². The molecule has 3 atom stereocenters. The molecule has 0 aliphatic heterocycles. The monoisotopic (exact) mass is 428 g/mol. The van der Waals surface area contributed by atoms with E-state index in [1.807, 2.05) is 56.3 Å². The number of hydrogen-bond donors (Lipinski definition) is 1. The highest BCUT2D eigenvalue weighted by atomic mass is 28.4. The molecular weight excluding hydrogens is 388 g/mol. The fourth-order valence-electron chi connectivity index (χ4n) is 5.23. The van der Waals surface area contributed by atoms with Crippen LogP contribution in [0, 0.1) is 11.8 Å². The second kappa shape index (κ2) is 10.2. The number of rotatable bonds is 10. The lowest BCUT2D eigenvalue weighted by Gasteiger charge is -2.42. The largest absolute Gasteiger partial charge is 0.415 e. The molecule has 0 spiro atoms. The number of Topliss-reactive ketones (excluding diaryl/α,β-unsaturated/α-hetero) is 1. The molecular formula is C26H40O3Si. The Morgan fingerprint density at radius 2 is 1.40 bits per heavy atom. The highest BCUT2D eigenvalue weighted by Gasteiger charge is 2.45. The van der Waals surface area contributed by atoms with Crippen molar-refractivity contribution in [3.05, 3.63) is 48.0 Å². The summed E-state index contributed by atoms with van der Waals surface area (Å²) in [6.45, 7) is 17.7. The van der Waals surface area contributed by atoms with Crippen molar-refractivity contribution in [2.24, 2.45) is 11.8 Å². The molecule has 2 aromatic carbocycles. The van der Waals surface area contributed by atoms with Crippen LogP contribution in [-0.4, -0.2) is 25.8 Å². The molecule has 0 radical (unpaired) electrons. The molecule has 0 aromatic heterocycles. The topological polar surface area (TPSA) is 46.5 Å². The number of hydrogen-bond acceptors (Lipinski definition) is 3. The molecule has 2 aromatic rings. The third kappa shape index (κ3) is 4.87. The van der Waals surface area contributed by atoms with Gasteiger partial charge in [-0.3, -0.25) is 4.79 Å². The van der Waals surface area contributed by atoms with Crippen molar-refractivity contribution in [1.82, 2.24) is 0 Å². The normalized spacial score (nSPS) is 15.7. The zero-order chi connectivity index (χ0) is 22.6. The number of fused-ring (bicyclic) bond motifs is 1. The Morgan fingerprint density at radius 1 is 0.867 bits per heavy atom. The minimum absolute atomic E-state index is 0.0644. The third-order valence-corrected chi connectivity index (χ3v) is 12.9. The van der Waals surface area contributed by atoms with E-state index in [2.05, 4.69) is 41.5 Å². The van der Waals surface area contributed by atoms with Gasteiger partial charge in [-0.1, -0.05) is 97.9 Å². The quantitative estimate of drug-likeness (QED) is 0.418. The Balaban J connectivity index is 2.17. The van der Waals surface area contributed by atoms with E-state index < -0.39 is 20.3 Å². The summed E-state index contributed by atoms with van der Waals surface area (Å²) in [6.07, 6.45) is -0.826. The molecule has 0 saturated carbocycles. The van der Waals surface area contributed by atoms with Gasteiger partial charge in [0, 0.05) is 18.4 Å². The smallest absolute Gasteiger partial charge is 0.200 e. The average Bonchev–Trinajstić information content (AvgIpc) is 2.71. The molecule has 0 amide bonds. The van der Waals surface area contributed by atoms with Crippen LogP contribution in [0.15, 0.2) is 42.5 Å². The van der Waals surface area contributed by atoms with E-state index in [1.54, 1.807) is 0 Å². The van der Waals surface area contributed by atoms with E-state index in [-0.39, 0.29) is 11.7 Å². The van der Waals surface area contributed by atoms with Crippen LogP contribution >= 0.6 is 0 Å². The van der Waals surface area contributed by atoms with Crippen molar-refractivity contribution in [2.75, 3.05) is 6.61 Å². The van der Waals surface area contributed by atoms with Gasteiger partial charge < -0.3 is 9.53 Å². The van der Waals surface area contributed by atoms with Crippen molar-refractivity contribution >= 4 is 24.9 Å². The molecule has 166 valence electrons. The molecule has 2 rings (SSSR count). The summed E-state index contributed by atoms with van der Waals surface area (Å²) >= 11 is 0. The molecule has 3 nitrogen and oxygen atoms in total. The van der Waals surface area contributed by atoms with Gasteiger partial charge in [0.2, 0.25) is 0 Å². The van der Waals surface area contributed by atoms with Gasteiger partial charge in [-0.25, -0.2) is 0 Å². The summed E-state index contributed by atoms with van der Waals surface area (Å²) in [7, 11) is -2.01. The number of aliphatic hydroxyl groups excluding tert-OH is 1. The Kier molecular flexibility index (Phi) is 8.43. The molecule has 0 unspecified atom stereocenters. The van der Waals surface area contributed by atoms with Gasteiger partial charge in [-0.05, 0) is 33.0 Å². The maximum Gasteiger partial charge on any atom is 0.200 e. The first-order chi connectivity index (χ1) is 14.0. The van der Waals surface area contributed by atoms with Crippen molar-refractivity contribution in [1.29, 1.82) is 0 Å². The van der Waals surface area contributed by atoms with Crippen LogP contribution in [-0.2, 0) is 9.22 Å². The second-order valence-corrected chi connectivity index (χ2v) is 15.2. The first-order valence-electron chi connectivity index (χ1n) is 11.4. The number of carbonyl (C=O) groups is 1. The maximum absolute atomic E-state index is 13.2. The van der Waals surface area contributed by atoms with E-state index in [0.29, 0.717) is 23.2 Å². The van der Waals surface area contributed by atoms with Gasteiger partial charge in [0.1, 0.15) is 5.78 Å². The molecule has 0 fully saturated rings. The molecule has 0 aliphatic carbocycles. The van der Waals surface area contributed by atoms with Crippen LogP contribution in [0.2, 0.25) is 16.6 Å². The molecule has 0 heterocycles. The van der Waals surface area contributed by atoms with Gasteiger partial charge in [-0.15, -0.1) is 0 Å². The number of benzene rings is 2. The SMILES string of the molecule is CC(C)[Si](OC[C@@H](C)C(=O)[C@H](C)[C@H](O)c1cccc2ccccc12)(C(C)C)C(C)C. The number of carbonyl (C=O) groups excluding carboxylic acids is 1. The molecule has 4 heteroatoms. The van der Waals surface area contributed by atoms with E-state index in [0.717, 1.165) is 16.3 Å². The van der Waals surface area contributed by atoms with E-state index >= 15 is 0 Å². The van der Waals surface area contributed by atoms with E-state index in [1.165, 1.54) is 0 Å². The fourth-order valence-corrected chi connectivity index (χ4v) is 10.8. The Labute approximate surface area is 184 Å². The zero-order valence-corrected chi connectivity index (χ0v) is 21.0. The average molecular weight is 429 g/mol. The summed E-state index contributed by atoms with van der Waals surface area (Å²) in [5.74, 6) is -0.662. The maximum atomic E-state index is 13.2. The van der Waals surface area contributed by atoms with Crippen molar-refractivity contribution in [2.45, 2.75) is 78.1 Å². The Bertz CT molecular complexity index is 816. The minimum Gasteiger partial charge on any atom is -0.415 e. The first-order valence-corrected chi connectivity index (χ1v) is 13.5. The number of aliphatic hydroxyl groups is 1. The zero-order valence-electron chi connectivity index (χ0n) is 20.0. The molecule has 0 bridgehead atoms. The summed E-state index contributed by atoms with van der Waals surface area (Å²) < 4.78 is 6.64. The van der Waals surface area contributed by atoms with Crippen LogP contribution in [0.4, 0.5) is 0 Å². The van der Waals surface area contributed by atoms with Crippen molar-refractivity contribution < 1.29 is 14.3 Å². The van der Waals surface area contributed by atoms with Crippen LogP contribution in [0.1, 0.15) is 67.1 Å².